The fourth-order valence-electron chi connectivity index (χ4n) is 0.908. The molecule has 1 N–H and O–H groups in total. The molecule has 1 atom stereocenters. The van der Waals surface area contributed by atoms with E-state index < -0.39 is 0 Å². The average molecular weight is 173 g/mol. The number of ether oxygens (including phenoxy) is 1. The molecule has 1 unspecified atom stereocenters. The van der Waals surface area contributed by atoms with E-state index in [-0.39, 0.29) is 24.2 Å². The van der Waals surface area contributed by atoms with Gasteiger partial charge in [0.15, 0.2) is 0 Å². The number of methoxy groups -OCH3 is 1. The summed E-state index contributed by atoms with van der Waals surface area (Å²) < 4.78 is 4.47. The van der Waals surface area contributed by atoms with Crippen LogP contribution >= 0.6 is 0 Å². The number of carbonyl (C=O) groups is 2. The summed E-state index contributed by atoms with van der Waals surface area (Å²) in [6, 6.07) is -0.102. The molecule has 0 aromatic carbocycles. The fourth-order valence-corrected chi connectivity index (χ4v) is 0.908. The SMILES string of the molecule is CNC(CC(C)=O)CC(=O)OC. The highest BCUT2D eigenvalue weighted by molar-refractivity contribution is 5.77. The Morgan fingerprint density at radius 3 is 2.33 bits per heavy atom. The number of hydrogen-bond acceptors (Lipinski definition) is 4. The van der Waals surface area contributed by atoms with E-state index in [1.54, 1.807) is 7.05 Å². The third-order valence-corrected chi connectivity index (χ3v) is 1.58. The highest BCUT2D eigenvalue weighted by atomic mass is 16.5. The van der Waals surface area contributed by atoms with Gasteiger partial charge >= 0.3 is 5.97 Å². The van der Waals surface area contributed by atoms with Crippen molar-refractivity contribution in [2.45, 2.75) is 25.8 Å². The zero-order valence-corrected chi connectivity index (χ0v) is 7.72. The molecule has 0 saturated heterocycles. The number of carbonyl (C=O) groups excluding carboxylic acids is 2. The summed E-state index contributed by atoms with van der Waals surface area (Å²) in [5, 5.41) is 2.88. The summed E-state index contributed by atoms with van der Waals surface area (Å²) in [6.07, 6.45) is 0.609. The van der Waals surface area contributed by atoms with E-state index in [0.29, 0.717) is 6.42 Å². The van der Waals surface area contributed by atoms with Crippen molar-refractivity contribution in [2.75, 3.05) is 14.2 Å². The van der Waals surface area contributed by atoms with Crippen molar-refractivity contribution in [3.05, 3.63) is 0 Å². The van der Waals surface area contributed by atoms with E-state index >= 15 is 0 Å². The second-order valence-corrected chi connectivity index (χ2v) is 2.67. The van der Waals surface area contributed by atoms with Gasteiger partial charge in [-0.05, 0) is 14.0 Å². The Hall–Kier alpha value is -0.900. The minimum Gasteiger partial charge on any atom is -0.469 e. The smallest absolute Gasteiger partial charge is 0.307 e. The lowest BCUT2D eigenvalue weighted by Crippen LogP contribution is -2.30. The second-order valence-electron chi connectivity index (χ2n) is 2.67. The van der Waals surface area contributed by atoms with Crippen LogP contribution in [0, 0.1) is 0 Å². The predicted molar refractivity (Wildman–Crippen MR) is 44.8 cm³/mol. The summed E-state index contributed by atoms with van der Waals surface area (Å²) in [5.41, 5.74) is 0. The van der Waals surface area contributed by atoms with Gasteiger partial charge in [0.2, 0.25) is 0 Å². The molecule has 0 amide bonds. The zero-order chi connectivity index (χ0) is 9.56. The lowest BCUT2D eigenvalue weighted by atomic mass is 10.1. The monoisotopic (exact) mass is 173 g/mol. The van der Waals surface area contributed by atoms with Crippen LogP contribution < -0.4 is 5.32 Å². The molecule has 0 spiro atoms. The van der Waals surface area contributed by atoms with E-state index in [0.717, 1.165) is 0 Å². The average Bonchev–Trinajstić information content (AvgIpc) is 2.02. The highest BCUT2D eigenvalue weighted by Crippen LogP contribution is 1.99. The minimum atomic E-state index is -0.296. The van der Waals surface area contributed by atoms with Gasteiger partial charge in [-0.1, -0.05) is 0 Å². The van der Waals surface area contributed by atoms with Crippen LogP contribution in [-0.4, -0.2) is 32.0 Å². The van der Waals surface area contributed by atoms with Gasteiger partial charge in [0, 0.05) is 12.5 Å². The molecule has 4 nitrogen and oxygen atoms in total. The molecule has 70 valence electrons. The summed E-state index contributed by atoms with van der Waals surface area (Å²) in [5.74, 6) is -0.228. The van der Waals surface area contributed by atoms with Crippen LogP contribution in [0.15, 0.2) is 0 Å². The normalized spacial score (nSPS) is 12.2. The molecule has 4 heteroatoms. The van der Waals surface area contributed by atoms with Crippen LogP contribution in [0.1, 0.15) is 19.8 Å². The number of hydrogen-bond donors (Lipinski definition) is 1. The van der Waals surface area contributed by atoms with Gasteiger partial charge in [0.1, 0.15) is 5.78 Å². The summed E-state index contributed by atoms with van der Waals surface area (Å²) in [6.45, 7) is 1.50. The van der Waals surface area contributed by atoms with E-state index in [9.17, 15) is 9.59 Å². The standard InChI is InChI=1S/C8H15NO3/c1-6(10)4-7(9-2)5-8(11)12-3/h7,9H,4-5H2,1-3H3. The molecule has 12 heavy (non-hydrogen) atoms. The Morgan fingerprint density at radius 1 is 1.42 bits per heavy atom. The molecule has 0 rings (SSSR count). The first-order chi connectivity index (χ1) is 5.60. The number of esters is 1. The first-order valence-corrected chi connectivity index (χ1v) is 3.83. The van der Waals surface area contributed by atoms with Crippen molar-refractivity contribution in [1.82, 2.24) is 5.32 Å². The van der Waals surface area contributed by atoms with Crippen LogP contribution in [0.25, 0.3) is 0 Å². The Balaban J connectivity index is 3.82. The van der Waals surface area contributed by atoms with Crippen LogP contribution in [0.5, 0.6) is 0 Å². The molecule has 0 aromatic heterocycles. The first-order valence-electron chi connectivity index (χ1n) is 3.83. The number of ketones is 1. The van der Waals surface area contributed by atoms with Gasteiger partial charge in [-0.3, -0.25) is 9.59 Å². The first kappa shape index (κ1) is 11.1. The third kappa shape index (κ3) is 4.85. The minimum absolute atomic E-state index is 0.0678. The lowest BCUT2D eigenvalue weighted by Gasteiger charge is -2.12. The maximum absolute atomic E-state index is 10.8. The molecule has 0 radical (unpaired) electrons. The Morgan fingerprint density at radius 2 is 2.00 bits per heavy atom. The zero-order valence-electron chi connectivity index (χ0n) is 7.72. The van der Waals surface area contributed by atoms with Crippen LogP contribution in [-0.2, 0) is 14.3 Å². The van der Waals surface area contributed by atoms with Gasteiger partial charge < -0.3 is 10.1 Å². The van der Waals surface area contributed by atoms with Crippen molar-refractivity contribution in [3.63, 3.8) is 0 Å². The maximum atomic E-state index is 10.8. The highest BCUT2D eigenvalue weighted by Gasteiger charge is 2.13. The maximum Gasteiger partial charge on any atom is 0.307 e. The van der Waals surface area contributed by atoms with E-state index in [2.05, 4.69) is 10.1 Å². The molecule has 0 saturated carbocycles. The molecule has 0 aliphatic carbocycles. The summed E-state index contributed by atoms with van der Waals surface area (Å²) in [7, 11) is 3.05. The van der Waals surface area contributed by atoms with Gasteiger partial charge in [0.05, 0.1) is 13.5 Å². The van der Waals surface area contributed by atoms with Crippen molar-refractivity contribution >= 4 is 11.8 Å². The molecule has 0 fully saturated rings. The van der Waals surface area contributed by atoms with E-state index in [1.807, 2.05) is 0 Å². The van der Waals surface area contributed by atoms with Crippen LogP contribution in [0.3, 0.4) is 0 Å². The predicted octanol–water partition coefficient (Wildman–Crippen LogP) is 0.117. The molecular formula is C8H15NO3. The fraction of sp³-hybridized carbons (Fsp3) is 0.750. The second kappa shape index (κ2) is 5.71. The van der Waals surface area contributed by atoms with Crippen molar-refractivity contribution in [1.29, 1.82) is 0 Å². The van der Waals surface area contributed by atoms with Gasteiger partial charge in [0.25, 0.3) is 0 Å². The van der Waals surface area contributed by atoms with Crippen LogP contribution in [0.4, 0.5) is 0 Å². The van der Waals surface area contributed by atoms with Gasteiger partial charge in [-0.2, -0.15) is 0 Å². The Labute approximate surface area is 72.3 Å². The number of nitrogens with one attached hydrogen (secondary N) is 1. The molecule has 0 aliphatic heterocycles. The quantitative estimate of drug-likeness (QED) is 0.600. The Kier molecular flexibility index (Phi) is 5.28. The topological polar surface area (TPSA) is 55.4 Å². The molecule has 0 bridgehead atoms. The largest absolute Gasteiger partial charge is 0.469 e. The number of Topliss-reactive ketones (excluding diaryl/α,β-unsaturated/α-hetero) is 1. The van der Waals surface area contributed by atoms with Gasteiger partial charge in [-0.25, -0.2) is 0 Å². The molecular weight excluding hydrogens is 158 g/mol. The molecule has 0 heterocycles. The van der Waals surface area contributed by atoms with Crippen molar-refractivity contribution in [3.8, 4) is 0 Å². The van der Waals surface area contributed by atoms with Crippen LogP contribution in [0.2, 0.25) is 0 Å². The summed E-state index contributed by atoms with van der Waals surface area (Å²) >= 11 is 0. The third-order valence-electron chi connectivity index (χ3n) is 1.58. The van der Waals surface area contributed by atoms with E-state index in [4.69, 9.17) is 0 Å². The Bertz CT molecular complexity index is 168. The van der Waals surface area contributed by atoms with Gasteiger partial charge in [-0.15, -0.1) is 0 Å². The lowest BCUT2D eigenvalue weighted by molar-refractivity contribution is -0.141. The summed E-state index contributed by atoms with van der Waals surface area (Å²) in [4.78, 5) is 21.5. The van der Waals surface area contributed by atoms with E-state index in [1.165, 1.54) is 14.0 Å². The van der Waals surface area contributed by atoms with Crippen molar-refractivity contribution in [2.24, 2.45) is 0 Å². The molecule has 0 aliphatic rings. The number of rotatable bonds is 5. The van der Waals surface area contributed by atoms with Crippen molar-refractivity contribution < 1.29 is 14.3 Å². The molecule has 0 aromatic rings.